The van der Waals surface area contributed by atoms with Crippen molar-refractivity contribution in [2.24, 2.45) is 0 Å². The molecule has 0 saturated carbocycles. The summed E-state index contributed by atoms with van der Waals surface area (Å²) in [7, 11) is 0. The van der Waals surface area contributed by atoms with E-state index < -0.39 is 0 Å². The molecule has 8 heteroatoms. The maximum absolute atomic E-state index is 4.25. The first-order valence-corrected chi connectivity index (χ1v) is 6.32. The summed E-state index contributed by atoms with van der Waals surface area (Å²) in [6.45, 7) is 3.51. The third-order valence-corrected chi connectivity index (χ3v) is 2.76. The summed E-state index contributed by atoms with van der Waals surface area (Å²) in [5, 5.41) is 17.8. The molecule has 3 aromatic heterocycles. The van der Waals surface area contributed by atoms with Crippen molar-refractivity contribution in [3.8, 4) is 0 Å². The third kappa shape index (κ3) is 2.48. The highest BCUT2D eigenvalue weighted by atomic mass is 15.5. The van der Waals surface area contributed by atoms with Gasteiger partial charge in [-0.05, 0) is 35.0 Å². The first-order valence-electron chi connectivity index (χ1n) is 6.32. The number of anilines is 2. The van der Waals surface area contributed by atoms with Crippen LogP contribution in [0.2, 0.25) is 0 Å². The lowest BCUT2D eigenvalue weighted by Gasteiger charge is -2.07. The van der Waals surface area contributed by atoms with Crippen LogP contribution < -0.4 is 10.6 Å². The van der Waals surface area contributed by atoms with Gasteiger partial charge in [0, 0.05) is 25.5 Å². The molecule has 0 aliphatic heterocycles. The van der Waals surface area contributed by atoms with E-state index in [0.29, 0.717) is 18.0 Å². The van der Waals surface area contributed by atoms with Gasteiger partial charge in [-0.1, -0.05) is 0 Å². The van der Waals surface area contributed by atoms with Gasteiger partial charge in [-0.2, -0.15) is 4.52 Å². The minimum Gasteiger partial charge on any atom is -0.370 e. The predicted octanol–water partition coefficient (Wildman–Crippen LogP) is 0.958. The zero-order valence-corrected chi connectivity index (χ0v) is 11.0. The molecule has 0 fully saturated rings. The summed E-state index contributed by atoms with van der Waals surface area (Å²) in [5.74, 6) is 1.52. The van der Waals surface area contributed by atoms with Crippen LogP contribution in [-0.2, 0) is 6.54 Å². The van der Waals surface area contributed by atoms with Crippen LogP contribution in [0.3, 0.4) is 0 Å². The largest absolute Gasteiger partial charge is 0.370 e. The molecule has 0 aliphatic rings. The van der Waals surface area contributed by atoms with Crippen LogP contribution in [0.5, 0.6) is 0 Å². The number of fused-ring (bicyclic) bond motifs is 1. The number of aromatic nitrogens is 6. The van der Waals surface area contributed by atoms with Gasteiger partial charge in [0.25, 0.3) is 0 Å². The van der Waals surface area contributed by atoms with Crippen LogP contribution in [-0.4, -0.2) is 36.6 Å². The first-order chi connectivity index (χ1) is 9.86. The van der Waals surface area contributed by atoms with Crippen LogP contribution in [0.25, 0.3) is 5.65 Å². The zero-order chi connectivity index (χ0) is 13.8. The topological polar surface area (TPSA) is 92.9 Å². The van der Waals surface area contributed by atoms with Crippen LogP contribution in [0.4, 0.5) is 11.6 Å². The van der Waals surface area contributed by atoms with E-state index >= 15 is 0 Å². The van der Waals surface area contributed by atoms with Gasteiger partial charge in [-0.3, -0.25) is 0 Å². The summed E-state index contributed by atoms with van der Waals surface area (Å²) in [6.07, 6.45) is 5.14. The van der Waals surface area contributed by atoms with Gasteiger partial charge in [0.05, 0.1) is 6.20 Å². The van der Waals surface area contributed by atoms with Gasteiger partial charge < -0.3 is 10.6 Å². The summed E-state index contributed by atoms with van der Waals surface area (Å²) in [4.78, 5) is 8.48. The Morgan fingerprint density at radius 1 is 1.20 bits per heavy atom. The van der Waals surface area contributed by atoms with Gasteiger partial charge in [0.1, 0.15) is 5.82 Å². The number of hydrogen-bond acceptors (Lipinski definition) is 7. The normalized spacial score (nSPS) is 10.7. The molecule has 102 valence electrons. The molecule has 3 aromatic rings. The lowest BCUT2D eigenvalue weighted by Crippen LogP contribution is -2.05. The molecule has 20 heavy (non-hydrogen) atoms. The molecular weight excluding hydrogens is 256 g/mol. The molecule has 8 nitrogen and oxygen atoms in total. The molecule has 0 unspecified atom stereocenters. The molecule has 0 bridgehead atoms. The number of nitrogens with zero attached hydrogens (tertiary/aromatic N) is 6. The monoisotopic (exact) mass is 270 g/mol. The molecule has 2 N–H and O–H groups in total. The highest BCUT2D eigenvalue weighted by Gasteiger charge is 2.05. The number of hydrogen-bond donors (Lipinski definition) is 2. The molecular formula is C12H14N8. The van der Waals surface area contributed by atoms with Crippen LogP contribution in [0, 0.1) is 0 Å². The van der Waals surface area contributed by atoms with E-state index in [4.69, 9.17) is 0 Å². The zero-order valence-electron chi connectivity index (χ0n) is 11.0. The highest BCUT2D eigenvalue weighted by molar-refractivity contribution is 5.60. The van der Waals surface area contributed by atoms with E-state index in [1.165, 1.54) is 0 Å². The molecule has 3 heterocycles. The van der Waals surface area contributed by atoms with Gasteiger partial charge in [-0.15, -0.1) is 5.10 Å². The minimum absolute atomic E-state index is 0.605. The Bertz CT molecular complexity index is 707. The van der Waals surface area contributed by atoms with Crippen molar-refractivity contribution in [2.75, 3.05) is 17.2 Å². The minimum atomic E-state index is 0.605. The first kappa shape index (κ1) is 12.3. The van der Waals surface area contributed by atoms with E-state index in [1.807, 2.05) is 19.1 Å². The summed E-state index contributed by atoms with van der Waals surface area (Å²) >= 11 is 0. The molecule has 0 aromatic carbocycles. The van der Waals surface area contributed by atoms with Crippen molar-refractivity contribution >= 4 is 17.3 Å². The van der Waals surface area contributed by atoms with Gasteiger partial charge in [0.15, 0.2) is 5.82 Å². The SMILES string of the molecule is CCNc1cc(CNc2nccn3nnnc23)ccn1. The van der Waals surface area contributed by atoms with Gasteiger partial charge in [-0.25, -0.2) is 9.97 Å². The van der Waals surface area contributed by atoms with Crippen LogP contribution >= 0.6 is 0 Å². The predicted molar refractivity (Wildman–Crippen MR) is 74.3 cm³/mol. The Morgan fingerprint density at radius 3 is 3.05 bits per heavy atom. The molecule has 0 atom stereocenters. The highest BCUT2D eigenvalue weighted by Crippen LogP contribution is 2.12. The van der Waals surface area contributed by atoms with Crippen molar-refractivity contribution in [2.45, 2.75) is 13.5 Å². The van der Waals surface area contributed by atoms with Crippen LogP contribution in [0.15, 0.2) is 30.7 Å². The lowest BCUT2D eigenvalue weighted by molar-refractivity contribution is 0.820. The summed E-state index contributed by atoms with van der Waals surface area (Å²) < 4.78 is 1.58. The number of tetrazole rings is 1. The van der Waals surface area contributed by atoms with Crippen molar-refractivity contribution in [3.63, 3.8) is 0 Å². The molecule has 0 amide bonds. The fourth-order valence-electron chi connectivity index (χ4n) is 1.85. The molecule has 0 radical (unpaired) electrons. The Balaban J connectivity index is 1.76. The lowest BCUT2D eigenvalue weighted by atomic mass is 10.2. The standard InChI is InChI=1S/C12H14N8/c1-2-13-10-7-9(3-4-14-10)8-16-11-12-17-18-19-20(12)6-5-15-11/h3-7H,2,8H2,1H3,(H,13,14)(H,15,16). The number of rotatable bonds is 5. The van der Waals surface area contributed by atoms with E-state index in [9.17, 15) is 0 Å². The fraction of sp³-hybridized carbons (Fsp3) is 0.250. The fourth-order valence-corrected chi connectivity index (χ4v) is 1.85. The third-order valence-electron chi connectivity index (χ3n) is 2.76. The van der Waals surface area contributed by atoms with Crippen molar-refractivity contribution in [1.82, 2.24) is 30.0 Å². The molecule has 0 aliphatic carbocycles. The second-order valence-electron chi connectivity index (χ2n) is 4.16. The van der Waals surface area contributed by atoms with Crippen LogP contribution in [0.1, 0.15) is 12.5 Å². The van der Waals surface area contributed by atoms with E-state index in [2.05, 4.69) is 36.1 Å². The Labute approximate surface area is 115 Å². The maximum Gasteiger partial charge on any atom is 0.221 e. The van der Waals surface area contributed by atoms with E-state index in [0.717, 1.165) is 17.9 Å². The summed E-state index contributed by atoms with van der Waals surface area (Å²) in [5.41, 5.74) is 1.71. The Hall–Kier alpha value is -2.77. The molecule has 0 spiro atoms. The average molecular weight is 270 g/mol. The van der Waals surface area contributed by atoms with E-state index in [1.54, 1.807) is 23.1 Å². The number of nitrogens with one attached hydrogen (secondary N) is 2. The second-order valence-corrected chi connectivity index (χ2v) is 4.16. The smallest absolute Gasteiger partial charge is 0.221 e. The second kappa shape index (κ2) is 5.47. The summed E-state index contributed by atoms with van der Waals surface area (Å²) in [6, 6.07) is 3.95. The van der Waals surface area contributed by atoms with Crippen molar-refractivity contribution in [3.05, 3.63) is 36.3 Å². The van der Waals surface area contributed by atoms with Crippen molar-refractivity contribution in [1.29, 1.82) is 0 Å². The van der Waals surface area contributed by atoms with E-state index in [-0.39, 0.29) is 0 Å². The molecule has 3 rings (SSSR count). The van der Waals surface area contributed by atoms with Gasteiger partial charge in [0.2, 0.25) is 5.65 Å². The van der Waals surface area contributed by atoms with Crippen molar-refractivity contribution < 1.29 is 0 Å². The average Bonchev–Trinajstić information content (AvgIpc) is 2.95. The Morgan fingerprint density at radius 2 is 2.15 bits per heavy atom. The Kier molecular flexibility index (Phi) is 3.36. The molecule has 0 saturated heterocycles. The van der Waals surface area contributed by atoms with Gasteiger partial charge >= 0.3 is 0 Å². The maximum atomic E-state index is 4.25. The quantitative estimate of drug-likeness (QED) is 0.713. The number of pyridine rings is 1.